The summed E-state index contributed by atoms with van der Waals surface area (Å²) in [4.78, 5) is 41.5. The lowest BCUT2D eigenvalue weighted by Crippen LogP contribution is -2.26. The smallest absolute Gasteiger partial charge is 0.292 e. The highest BCUT2D eigenvalue weighted by molar-refractivity contribution is 8.00. The Hall–Kier alpha value is -3.98. The molecular weight excluding hydrogens is 440 g/mol. The van der Waals surface area contributed by atoms with E-state index in [1.165, 1.54) is 22.8 Å². The fourth-order valence-corrected chi connectivity index (χ4v) is 4.22. The monoisotopic (exact) mass is 460 g/mol. The van der Waals surface area contributed by atoms with Gasteiger partial charge in [-0.05, 0) is 44.2 Å². The SMILES string of the molecule is Cc1ccc(-n2c(SC(C)C(=O)Nc3ccccc3[N+](=O)[O-])nc3ccccc3c2=O)cc1. The Morgan fingerprint density at radius 2 is 1.73 bits per heavy atom. The first-order valence-corrected chi connectivity index (χ1v) is 11.0. The average Bonchev–Trinajstić information content (AvgIpc) is 2.80. The maximum Gasteiger partial charge on any atom is 0.292 e. The van der Waals surface area contributed by atoms with Gasteiger partial charge in [0.05, 0.1) is 26.8 Å². The van der Waals surface area contributed by atoms with Gasteiger partial charge in [0.25, 0.3) is 11.2 Å². The molecule has 0 spiro atoms. The highest BCUT2D eigenvalue weighted by atomic mass is 32.2. The number of carbonyl (C=O) groups excluding carboxylic acids is 1. The van der Waals surface area contributed by atoms with Gasteiger partial charge in [-0.1, -0.05) is 53.7 Å². The minimum Gasteiger partial charge on any atom is -0.319 e. The van der Waals surface area contributed by atoms with Gasteiger partial charge in [-0.25, -0.2) is 4.98 Å². The maximum atomic E-state index is 13.3. The molecule has 8 nitrogen and oxygen atoms in total. The van der Waals surface area contributed by atoms with Crippen LogP contribution in [0.2, 0.25) is 0 Å². The van der Waals surface area contributed by atoms with Crippen molar-refractivity contribution in [3.8, 4) is 5.69 Å². The second kappa shape index (κ2) is 9.25. The molecule has 0 aliphatic heterocycles. The molecule has 0 saturated carbocycles. The van der Waals surface area contributed by atoms with Crippen LogP contribution < -0.4 is 10.9 Å². The van der Waals surface area contributed by atoms with Gasteiger partial charge < -0.3 is 5.32 Å². The van der Waals surface area contributed by atoms with Crippen LogP contribution in [0.4, 0.5) is 11.4 Å². The molecule has 0 aliphatic carbocycles. The summed E-state index contributed by atoms with van der Waals surface area (Å²) >= 11 is 1.11. The number of hydrogen-bond acceptors (Lipinski definition) is 6. The van der Waals surface area contributed by atoms with Crippen LogP contribution in [0.1, 0.15) is 12.5 Å². The largest absolute Gasteiger partial charge is 0.319 e. The van der Waals surface area contributed by atoms with Crippen LogP contribution in [-0.2, 0) is 4.79 Å². The molecule has 1 N–H and O–H groups in total. The van der Waals surface area contributed by atoms with Crippen molar-refractivity contribution in [2.45, 2.75) is 24.3 Å². The van der Waals surface area contributed by atoms with Crippen molar-refractivity contribution in [2.75, 3.05) is 5.32 Å². The quantitative estimate of drug-likeness (QED) is 0.193. The van der Waals surface area contributed by atoms with E-state index in [1.807, 2.05) is 31.2 Å². The molecule has 4 aromatic rings. The van der Waals surface area contributed by atoms with Crippen molar-refractivity contribution in [3.05, 3.63) is 98.8 Å². The number of nitrogens with zero attached hydrogens (tertiary/aromatic N) is 3. The van der Waals surface area contributed by atoms with Gasteiger partial charge in [0.1, 0.15) is 5.69 Å². The molecular formula is C24H20N4O4S. The number of hydrogen-bond donors (Lipinski definition) is 1. The van der Waals surface area contributed by atoms with Crippen molar-refractivity contribution in [3.63, 3.8) is 0 Å². The first-order chi connectivity index (χ1) is 15.8. The van der Waals surface area contributed by atoms with E-state index in [0.29, 0.717) is 21.7 Å². The number of fused-ring (bicyclic) bond motifs is 1. The van der Waals surface area contributed by atoms with E-state index in [0.717, 1.165) is 17.3 Å². The zero-order valence-corrected chi connectivity index (χ0v) is 18.7. The molecule has 4 rings (SSSR count). The van der Waals surface area contributed by atoms with Gasteiger partial charge in [-0.15, -0.1) is 0 Å². The van der Waals surface area contributed by atoms with Crippen molar-refractivity contribution in [1.82, 2.24) is 9.55 Å². The number of rotatable bonds is 6. The average molecular weight is 461 g/mol. The number of carbonyl (C=O) groups is 1. The second-order valence-corrected chi connectivity index (χ2v) is 8.72. The van der Waals surface area contributed by atoms with E-state index in [1.54, 1.807) is 37.3 Å². The number of thioether (sulfide) groups is 1. The number of nitro benzene ring substituents is 1. The highest BCUT2D eigenvalue weighted by Crippen LogP contribution is 2.28. The summed E-state index contributed by atoms with van der Waals surface area (Å²) in [7, 11) is 0. The minimum absolute atomic E-state index is 0.113. The van der Waals surface area contributed by atoms with Gasteiger partial charge in [0, 0.05) is 6.07 Å². The predicted octanol–water partition coefficient (Wildman–Crippen LogP) is 4.72. The van der Waals surface area contributed by atoms with Crippen molar-refractivity contribution >= 4 is 39.9 Å². The Balaban J connectivity index is 1.71. The Bertz CT molecular complexity index is 1420. The third kappa shape index (κ3) is 4.63. The lowest BCUT2D eigenvalue weighted by Gasteiger charge is -2.16. The first-order valence-electron chi connectivity index (χ1n) is 10.1. The van der Waals surface area contributed by atoms with Gasteiger partial charge in [0.15, 0.2) is 5.16 Å². The zero-order chi connectivity index (χ0) is 23.5. The van der Waals surface area contributed by atoms with E-state index in [4.69, 9.17) is 0 Å². The van der Waals surface area contributed by atoms with Crippen LogP contribution in [0, 0.1) is 17.0 Å². The summed E-state index contributed by atoms with van der Waals surface area (Å²) in [5.74, 6) is -0.438. The van der Waals surface area contributed by atoms with Gasteiger partial charge in [-0.2, -0.15) is 0 Å². The van der Waals surface area contributed by atoms with Crippen LogP contribution in [-0.4, -0.2) is 25.6 Å². The first kappa shape index (κ1) is 22.2. The van der Waals surface area contributed by atoms with E-state index in [2.05, 4.69) is 10.3 Å². The predicted molar refractivity (Wildman–Crippen MR) is 129 cm³/mol. The van der Waals surface area contributed by atoms with Crippen LogP contribution in [0.5, 0.6) is 0 Å². The van der Waals surface area contributed by atoms with Crippen molar-refractivity contribution in [2.24, 2.45) is 0 Å². The molecule has 166 valence electrons. The molecule has 1 heterocycles. The molecule has 9 heteroatoms. The molecule has 1 atom stereocenters. The topological polar surface area (TPSA) is 107 Å². The standard InChI is InChI=1S/C24H20N4O4S/c1-15-11-13-17(14-12-15)27-23(30)18-7-3-4-8-19(18)26-24(27)33-16(2)22(29)25-20-9-5-6-10-21(20)28(31)32/h3-14,16H,1-2H3,(H,25,29). The Labute approximate surface area is 193 Å². The normalized spacial score (nSPS) is 11.8. The number of aromatic nitrogens is 2. The highest BCUT2D eigenvalue weighted by Gasteiger charge is 2.22. The Morgan fingerprint density at radius 3 is 2.45 bits per heavy atom. The lowest BCUT2D eigenvalue weighted by molar-refractivity contribution is -0.383. The fraction of sp³-hybridized carbons (Fsp3) is 0.125. The van der Waals surface area contributed by atoms with E-state index >= 15 is 0 Å². The molecule has 1 amide bonds. The van der Waals surface area contributed by atoms with Crippen molar-refractivity contribution < 1.29 is 9.72 Å². The Morgan fingerprint density at radius 1 is 1.06 bits per heavy atom. The summed E-state index contributed by atoms with van der Waals surface area (Å²) < 4.78 is 1.49. The summed E-state index contributed by atoms with van der Waals surface area (Å²) in [6.07, 6.45) is 0. The summed E-state index contributed by atoms with van der Waals surface area (Å²) in [6.45, 7) is 3.62. The number of benzene rings is 3. The molecule has 1 aromatic heterocycles. The molecule has 0 fully saturated rings. The number of anilines is 1. The molecule has 33 heavy (non-hydrogen) atoms. The van der Waals surface area contributed by atoms with E-state index in [-0.39, 0.29) is 16.9 Å². The van der Waals surface area contributed by atoms with Gasteiger partial charge in [0.2, 0.25) is 5.91 Å². The Kier molecular flexibility index (Phi) is 6.23. The minimum atomic E-state index is -0.686. The number of nitrogens with one attached hydrogen (secondary N) is 1. The molecule has 0 bridgehead atoms. The summed E-state index contributed by atoms with van der Waals surface area (Å²) in [6, 6.07) is 20.4. The third-order valence-corrected chi connectivity index (χ3v) is 6.10. The second-order valence-electron chi connectivity index (χ2n) is 7.41. The van der Waals surface area contributed by atoms with Crippen LogP contribution >= 0.6 is 11.8 Å². The fourth-order valence-electron chi connectivity index (χ4n) is 3.30. The van der Waals surface area contributed by atoms with Gasteiger partial charge in [-0.3, -0.25) is 24.3 Å². The molecule has 3 aromatic carbocycles. The lowest BCUT2D eigenvalue weighted by atomic mass is 10.2. The van der Waals surface area contributed by atoms with Crippen LogP contribution in [0.3, 0.4) is 0 Å². The maximum absolute atomic E-state index is 13.3. The third-order valence-electron chi connectivity index (χ3n) is 5.05. The van der Waals surface area contributed by atoms with Crippen LogP contribution in [0.25, 0.3) is 16.6 Å². The molecule has 1 unspecified atom stereocenters. The summed E-state index contributed by atoms with van der Waals surface area (Å²) in [5.41, 5.74) is 1.90. The molecule has 0 saturated heterocycles. The number of amides is 1. The molecule has 0 aliphatic rings. The van der Waals surface area contributed by atoms with Gasteiger partial charge >= 0.3 is 0 Å². The summed E-state index contributed by atoms with van der Waals surface area (Å²) in [5, 5.41) is 14.0. The zero-order valence-electron chi connectivity index (χ0n) is 17.9. The number of nitro groups is 1. The van der Waals surface area contributed by atoms with Crippen LogP contribution in [0.15, 0.2) is 82.7 Å². The molecule has 0 radical (unpaired) electrons. The van der Waals surface area contributed by atoms with E-state index in [9.17, 15) is 19.7 Å². The number of para-hydroxylation sites is 3. The van der Waals surface area contributed by atoms with E-state index < -0.39 is 16.1 Å². The van der Waals surface area contributed by atoms with Crippen molar-refractivity contribution in [1.29, 1.82) is 0 Å². The number of aryl methyl sites for hydroxylation is 1.